The molecule has 0 saturated heterocycles. The smallest absolute Gasteiger partial charge is 0.343 e. The van der Waals surface area contributed by atoms with Crippen LogP contribution in [0.4, 0.5) is 11.4 Å². The summed E-state index contributed by atoms with van der Waals surface area (Å²) in [6, 6.07) is 31.2. The topological polar surface area (TPSA) is 76.7 Å². The third-order valence-corrected chi connectivity index (χ3v) is 6.04. The van der Waals surface area contributed by atoms with Crippen LogP contribution in [0.1, 0.15) is 10.4 Å². The van der Waals surface area contributed by atoms with E-state index in [0.29, 0.717) is 22.7 Å². The van der Waals surface area contributed by atoms with Gasteiger partial charge in [-0.1, -0.05) is 48.2 Å². The lowest BCUT2D eigenvalue weighted by atomic mass is 10.2. The molecule has 0 aliphatic carbocycles. The van der Waals surface area contributed by atoms with Gasteiger partial charge in [0.25, 0.3) is 0 Å². The van der Waals surface area contributed by atoms with Crippen LogP contribution in [0, 0.1) is 0 Å². The van der Waals surface area contributed by atoms with E-state index in [1.54, 1.807) is 67.4 Å². The summed E-state index contributed by atoms with van der Waals surface area (Å²) in [6.45, 7) is 0.0430. The number of nitrogens with one attached hydrogen (secondary N) is 2. The van der Waals surface area contributed by atoms with Gasteiger partial charge in [-0.3, -0.25) is 4.79 Å². The van der Waals surface area contributed by atoms with Gasteiger partial charge in [0.05, 0.1) is 24.9 Å². The molecule has 0 aliphatic rings. The number of rotatable bonds is 9. The molecule has 0 unspecified atom stereocenters. The maximum Gasteiger partial charge on any atom is 0.343 e. The minimum atomic E-state index is -0.491. The summed E-state index contributed by atoms with van der Waals surface area (Å²) in [4.78, 5) is 27.2. The van der Waals surface area contributed by atoms with Crippen LogP contribution in [-0.4, -0.2) is 25.5 Å². The number of methoxy groups -OCH3 is 1. The summed E-state index contributed by atoms with van der Waals surface area (Å²) in [6.07, 6.45) is 0. The maximum absolute atomic E-state index is 12.6. The Morgan fingerprint density at radius 3 is 2.29 bits per heavy atom. The lowest BCUT2D eigenvalue weighted by Gasteiger charge is -2.12. The first kappa shape index (κ1) is 23.9. The second-order valence-electron chi connectivity index (χ2n) is 7.46. The number of para-hydroxylation sites is 1. The van der Waals surface area contributed by atoms with E-state index >= 15 is 0 Å². The summed E-state index contributed by atoms with van der Waals surface area (Å²) in [5, 5.41) is 6.02. The van der Waals surface area contributed by atoms with Gasteiger partial charge in [-0.15, -0.1) is 0 Å². The number of hydrogen-bond acceptors (Lipinski definition) is 6. The van der Waals surface area contributed by atoms with Gasteiger partial charge in [-0.2, -0.15) is 0 Å². The SMILES string of the molecule is COc1ccc(OC(=O)c2cccc(NCC(=O)Nc3ccccc3Sc3ccccc3)c2)cc1. The lowest BCUT2D eigenvalue weighted by molar-refractivity contribution is -0.114. The Bertz CT molecular complexity index is 1290. The monoisotopic (exact) mass is 484 g/mol. The summed E-state index contributed by atoms with van der Waals surface area (Å²) < 4.78 is 10.5. The Balaban J connectivity index is 1.34. The van der Waals surface area contributed by atoms with Crippen LogP contribution >= 0.6 is 11.8 Å². The first-order valence-electron chi connectivity index (χ1n) is 10.9. The zero-order valence-electron chi connectivity index (χ0n) is 19.1. The van der Waals surface area contributed by atoms with Crippen molar-refractivity contribution in [2.24, 2.45) is 0 Å². The molecule has 0 bridgehead atoms. The minimum absolute atomic E-state index is 0.0430. The van der Waals surface area contributed by atoms with E-state index in [1.807, 2.05) is 54.6 Å². The van der Waals surface area contributed by atoms with Crippen LogP contribution in [-0.2, 0) is 4.79 Å². The molecule has 6 nitrogen and oxygen atoms in total. The summed E-state index contributed by atoms with van der Waals surface area (Å²) >= 11 is 1.58. The van der Waals surface area contributed by atoms with E-state index < -0.39 is 5.97 Å². The van der Waals surface area contributed by atoms with Crippen LogP contribution < -0.4 is 20.1 Å². The Morgan fingerprint density at radius 2 is 1.51 bits per heavy atom. The summed E-state index contributed by atoms with van der Waals surface area (Å²) in [7, 11) is 1.57. The second kappa shape index (κ2) is 11.8. The molecule has 2 N–H and O–H groups in total. The molecule has 35 heavy (non-hydrogen) atoms. The van der Waals surface area contributed by atoms with Gasteiger partial charge in [-0.25, -0.2) is 4.79 Å². The molecule has 0 fully saturated rings. The number of esters is 1. The first-order valence-corrected chi connectivity index (χ1v) is 11.7. The van der Waals surface area contributed by atoms with Crippen molar-refractivity contribution in [3.8, 4) is 11.5 Å². The van der Waals surface area contributed by atoms with Crippen molar-refractivity contribution in [3.63, 3.8) is 0 Å². The Morgan fingerprint density at radius 1 is 0.800 bits per heavy atom. The molecule has 0 heterocycles. The molecule has 4 aromatic rings. The number of anilines is 2. The predicted octanol–water partition coefficient (Wildman–Crippen LogP) is 6.12. The van der Waals surface area contributed by atoms with Crippen LogP contribution in [0.3, 0.4) is 0 Å². The van der Waals surface area contributed by atoms with E-state index in [4.69, 9.17) is 9.47 Å². The maximum atomic E-state index is 12.6. The highest BCUT2D eigenvalue weighted by Crippen LogP contribution is 2.33. The molecule has 7 heteroatoms. The van der Waals surface area contributed by atoms with Crippen LogP contribution in [0.15, 0.2) is 113 Å². The number of carbonyl (C=O) groups excluding carboxylic acids is 2. The van der Waals surface area contributed by atoms with Gasteiger partial charge in [0.1, 0.15) is 11.5 Å². The molecule has 0 radical (unpaired) electrons. The molecule has 0 aromatic heterocycles. The van der Waals surface area contributed by atoms with E-state index in [2.05, 4.69) is 10.6 Å². The zero-order valence-corrected chi connectivity index (χ0v) is 19.9. The highest BCUT2D eigenvalue weighted by atomic mass is 32.2. The molecular formula is C28H24N2O4S. The molecular weight excluding hydrogens is 460 g/mol. The average Bonchev–Trinajstić information content (AvgIpc) is 2.90. The number of hydrogen-bond donors (Lipinski definition) is 2. The highest BCUT2D eigenvalue weighted by Gasteiger charge is 2.11. The van der Waals surface area contributed by atoms with Crippen molar-refractivity contribution < 1.29 is 19.1 Å². The number of amides is 1. The van der Waals surface area contributed by atoms with Crippen LogP contribution in [0.5, 0.6) is 11.5 Å². The molecule has 4 rings (SSSR count). The number of benzene rings is 4. The fourth-order valence-corrected chi connectivity index (χ4v) is 4.14. The van der Waals surface area contributed by atoms with Gasteiger partial charge in [0.15, 0.2) is 0 Å². The van der Waals surface area contributed by atoms with E-state index in [-0.39, 0.29) is 12.5 Å². The molecule has 1 amide bonds. The quantitative estimate of drug-likeness (QED) is 0.220. The van der Waals surface area contributed by atoms with E-state index in [9.17, 15) is 9.59 Å². The highest BCUT2D eigenvalue weighted by molar-refractivity contribution is 7.99. The molecule has 0 saturated carbocycles. The molecule has 4 aromatic carbocycles. The van der Waals surface area contributed by atoms with Crippen LogP contribution in [0.25, 0.3) is 0 Å². The summed E-state index contributed by atoms with van der Waals surface area (Å²) in [5.41, 5.74) is 1.75. The molecule has 0 aliphatic heterocycles. The van der Waals surface area contributed by atoms with Crippen molar-refractivity contribution in [3.05, 3.63) is 109 Å². The predicted molar refractivity (Wildman–Crippen MR) is 139 cm³/mol. The Labute approximate surface area is 208 Å². The van der Waals surface area contributed by atoms with Crippen molar-refractivity contribution in [1.82, 2.24) is 0 Å². The normalized spacial score (nSPS) is 10.3. The fraction of sp³-hybridized carbons (Fsp3) is 0.0714. The van der Waals surface area contributed by atoms with Crippen LogP contribution in [0.2, 0.25) is 0 Å². The average molecular weight is 485 g/mol. The van der Waals surface area contributed by atoms with Gasteiger partial charge < -0.3 is 20.1 Å². The fourth-order valence-electron chi connectivity index (χ4n) is 3.22. The van der Waals surface area contributed by atoms with E-state index in [0.717, 1.165) is 15.5 Å². The van der Waals surface area contributed by atoms with Gasteiger partial charge in [-0.05, 0) is 66.7 Å². The van der Waals surface area contributed by atoms with Crippen molar-refractivity contribution in [1.29, 1.82) is 0 Å². The van der Waals surface area contributed by atoms with Gasteiger partial charge in [0.2, 0.25) is 5.91 Å². The number of carbonyl (C=O) groups is 2. The van der Waals surface area contributed by atoms with Crippen molar-refractivity contribution in [2.45, 2.75) is 9.79 Å². The molecule has 176 valence electrons. The van der Waals surface area contributed by atoms with E-state index in [1.165, 1.54) is 0 Å². The molecule has 0 spiro atoms. The lowest BCUT2D eigenvalue weighted by Crippen LogP contribution is -2.22. The number of ether oxygens (including phenoxy) is 2. The standard InChI is InChI=1S/C28H24N2O4S/c1-33-22-14-16-23(17-15-22)34-28(32)20-8-7-9-21(18-20)29-19-27(31)30-25-12-5-6-13-26(25)35-24-10-3-2-4-11-24/h2-18,29H,19H2,1H3,(H,30,31). The van der Waals surface area contributed by atoms with Gasteiger partial charge >= 0.3 is 5.97 Å². The minimum Gasteiger partial charge on any atom is -0.497 e. The Kier molecular flexibility index (Phi) is 8.04. The third kappa shape index (κ3) is 6.88. The van der Waals surface area contributed by atoms with Crippen molar-refractivity contribution >= 4 is 35.0 Å². The second-order valence-corrected chi connectivity index (χ2v) is 8.57. The summed E-state index contributed by atoms with van der Waals surface area (Å²) in [5.74, 6) is 0.406. The first-order chi connectivity index (χ1) is 17.1. The molecule has 0 atom stereocenters. The van der Waals surface area contributed by atoms with Gasteiger partial charge in [0, 0.05) is 15.5 Å². The van der Waals surface area contributed by atoms with Crippen molar-refractivity contribution in [2.75, 3.05) is 24.3 Å². The Hall–Kier alpha value is -4.23. The largest absolute Gasteiger partial charge is 0.497 e. The third-order valence-electron chi connectivity index (χ3n) is 4.95. The zero-order chi connectivity index (χ0) is 24.5.